The number of thiophene rings is 1. The van der Waals surface area contributed by atoms with Crippen molar-refractivity contribution in [2.24, 2.45) is 0 Å². The van der Waals surface area contributed by atoms with Gasteiger partial charge in [-0.1, -0.05) is 121 Å². The predicted molar refractivity (Wildman–Crippen MR) is 226 cm³/mol. The first kappa shape index (κ1) is 28.9. The monoisotopic (exact) mass is 691 g/mol. The molecule has 0 spiro atoms. The van der Waals surface area contributed by atoms with Crippen molar-refractivity contribution in [3.63, 3.8) is 0 Å². The van der Waals surface area contributed by atoms with Crippen LogP contribution in [0.4, 0.5) is 0 Å². The molecule has 0 aliphatic heterocycles. The van der Waals surface area contributed by atoms with Crippen LogP contribution in [0.3, 0.4) is 0 Å². The number of benzene rings is 9. The molecule has 0 N–H and O–H groups in total. The summed E-state index contributed by atoms with van der Waals surface area (Å²) in [6, 6.07) is 63.8. The van der Waals surface area contributed by atoms with E-state index in [1.54, 1.807) is 0 Å². The van der Waals surface area contributed by atoms with E-state index in [4.69, 9.17) is 4.98 Å². The van der Waals surface area contributed by atoms with Gasteiger partial charge >= 0.3 is 0 Å². The molecule has 3 aromatic heterocycles. The Labute approximate surface area is 308 Å². The lowest BCUT2D eigenvalue weighted by molar-refractivity contribution is 1.10. The third kappa shape index (κ3) is 3.96. The Balaban J connectivity index is 1.24. The lowest BCUT2D eigenvalue weighted by Gasteiger charge is -2.14. The summed E-state index contributed by atoms with van der Waals surface area (Å²) < 4.78 is 7.49. The zero-order valence-electron chi connectivity index (χ0n) is 28.5. The van der Waals surface area contributed by atoms with Crippen molar-refractivity contribution >= 4 is 96.7 Å². The standard InChI is InChI=1S/C49H29N3S/c1-2-14-31(15-3-1)51-41-24-12-11-23-40(41)50-49(51)30-26-28-32(29-27-30)52-46-37-20-8-5-17-34(37)33-16-4-6-18-35(33)44(46)45-47(52)38-21-9-7-19-36(38)43-39-22-10-13-25-42(39)53-48(43)45/h1-29H. The Morgan fingerprint density at radius 1 is 0.377 bits per heavy atom. The highest BCUT2D eigenvalue weighted by Gasteiger charge is 2.25. The minimum Gasteiger partial charge on any atom is -0.308 e. The number of nitrogens with zero attached hydrogens (tertiary/aromatic N) is 3. The zero-order chi connectivity index (χ0) is 34.6. The van der Waals surface area contributed by atoms with E-state index in [9.17, 15) is 0 Å². The van der Waals surface area contributed by atoms with Crippen LogP contribution in [0, 0.1) is 0 Å². The number of fused-ring (bicyclic) bond motifs is 16. The van der Waals surface area contributed by atoms with Gasteiger partial charge in [0.25, 0.3) is 0 Å². The second-order valence-corrected chi connectivity index (χ2v) is 14.9. The highest BCUT2D eigenvalue weighted by Crippen LogP contribution is 2.51. The molecular formula is C49H29N3S. The summed E-state index contributed by atoms with van der Waals surface area (Å²) in [7, 11) is 0. The number of para-hydroxylation sites is 3. The first-order chi connectivity index (χ1) is 26.3. The Hall–Kier alpha value is -6.75. The molecule has 0 aliphatic carbocycles. The molecule has 0 bridgehead atoms. The van der Waals surface area contributed by atoms with Crippen molar-refractivity contribution in [1.82, 2.24) is 14.1 Å². The Kier molecular flexibility index (Phi) is 5.93. The molecule has 0 fully saturated rings. The third-order valence-electron chi connectivity index (χ3n) is 11.1. The van der Waals surface area contributed by atoms with Crippen molar-refractivity contribution in [2.75, 3.05) is 0 Å². The average molecular weight is 692 g/mol. The molecule has 3 heterocycles. The molecular weight excluding hydrogens is 663 g/mol. The normalized spacial score (nSPS) is 12.2. The third-order valence-corrected chi connectivity index (χ3v) is 12.3. The highest BCUT2D eigenvalue weighted by molar-refractivity contribution is 7.27. The fourth-order valence-electron chi connectivity index (χ4n) is 8.90. The number of aromatic nitrogens is 3. The van der Waals surface area contributed by atoms with Gasteiger partial charge in [0.1, 0.15) is 5.82 Å². The van der Waals surface area contributed by atoms with E-state index in [0.29, 0.717) is 0 Å². The van der Waals surface area contributed by atoms with Crippen LogP contribution < -0.4 is 0 Å². The number of imidazole rings is 1. The van der Waals surface area contributed by atoms with Crippen molar-refractivity contribution in [3.05, 3.63) is 176 Å². The van der Waals surface area contributed by atoms with Gasteiger partial charge in [0.15, 0.2) is 0 Å². The van der Waals surface area contributed by atoms with Gasteiger partial charge in [-0.3, -0.25) is 4.57 Å². The zero-order valence-corrected chi connectivity index (χ0v) is 29.3. The summed E-state index contributed by atoms with van der Waals surface area (Å²) in [6.07, 6.45) is 0. The van der Waals surface area contributed by atoms with Crippen LogP contribution in [0.15, 0.2) is 176 Å². The van der Waals surface area contributed by atoms with Crippen molar-refractivity contribution in [2.45, 2.75) is 0 Å². The van der Waals surface area contributed by atoms with E-state index in [-0.39, 0.29) is 0 Å². The maximum Gasteiger partial charge on any atom is 0.145 e. The minimum absolute atomic E-state index is 0.931. The molecule has 4 heteroatoms. The molecule has 0 saturated carbocycles. The predicted octanol–water partition coefficient (Wildman–Crippen LogP) is 13.6. The first-order valence-electron chi connectivity index (χ1n) is 18.1. The van der Waals surface area contributed by atoms with Gasteiger partial charge < -0.3 is 4.57 Å². The summed E-state index contributed by atoms with van der Waals surface area (Å²) in [5.74, 6) is 0.931. The van der Waals surface area contributed by atoms with Crippen LogP contribution in [0.1, 0.15) is 0 Å². The summed E-state index contributed by atoms with van der Waals surface area (Å²) in [6.45, 7) is 0. The Morgan fingerprint density at radius 2 is 0.906 bits per heavy atom. The number of hydrogen-bond acceptors (Lipinski definition) is 2. The van der Waals surface area contributed by atoms with Gasteiger partial charge in [-0.25, -0.2) is 4.98 Å². The van der Waals surface area contributed by atoms with Crippen molar-refractivity contribution in [1.29, 1.82) is 0 Å². The molecule has 12 aromatic rings. The maximum absolute atomic E-state index is 5.18. The quantitative estimate of drug-likeness (QED) is 0.169. The van der Waals surface area contributed by atoms with E-state index in [0.717, 1.165) is 33.8 Å². The van der Waals surface area contributed by atoms with Crippen LogP contribution in [0.2, 0.25) is 0 Å². The second kappa shape index (κ2) is 10.9. The van der Waals surface area contributed by atoms with Gasteiger partial charge in [0, 0.05) is 58.7 Å². The van der Waals surface area contributed by atoms with Crippen LogP contribution in [0.25, 0.3) is 108 Å². The van der Waals surface area contributed by atoms with E-state index >= 15 is 0 Å². The molecule has 0 amide bonds. The Bertz CT molecular complexity index is 3440. The molecule has 246 valence electrons. The average Bonchev–Trinajstić information content (AvgIpc) is 3.92. The van der Waals surface area contributed by atoms with Crippen LogP contribution >= 0.6 is 11.3 Å². The fourth-order valence-corrected chi connectivity index (χ4v) is 10.2. The van der Waals surface area contributed by atoms with Gasteiger partial charge in [-0.15, -0.1) is 11.3 Å². The topological polar surface area (TPSA) is 22.8 Å². The van der Waals surface area contributed by atoms with Crippen LogP contribution in [0.5, 0.6) is 0 Å². The molecule has 53 heavy (non-hydrogen) atoms. The summed E-state index contributed by atoms with van der Waals surface area (Å²) in [5.41, 5.74) is 7.87. The fraction of sp³-hybridized carbons (Fsp3) is 0. The van der Waals surface area contributed by atoms with Gasteiger partial charge in [-0.2, -0.15) is 0 Å². The largest absolute Gasteiger partial charge is 0.308 e. The molecule has 0 atom stereocenters. The Morgan fingerprint density at radius 3 is 1.66 bits per heavy atom. The van der Waals surface area contributed by atoms with Gasteiger partial charge in [0.05, 0.1) is 22.1 Å². The van der Waals surface area contributed by atoms with Gasteiger partial charge in [0.2, 0.25) is 0 Å². The van der Waals surface area contributed by atoms with Crippen molar-refractivity contribution in [3.8, 4) is 22.8 Å². The van der Waals surface area contributed by atoms with Crippen molar-refractivity contribution < 1.29 is 0 Å². The molecule has 9 aromatic carbocycles. The number of rotatable bonds is 3. The lowest BCUT2D eigenvalue weighted by atomic mass is 9.95. The number of hydrogen-bond donors (Lipinski definition) is 0. The maximum atomic E-state index is 5.18. The van der Waals surface area contributed by atoms with E-state index in [1.807, 2.05) is 11.3 Å². The van der Waals surface area contributed by atoms with E-state index in [1.165, 1.54) is 74.3 Å². The second-order valence-electron chi connectivity index (χ2n) is 13.9. The minimum atomic E-state index is 0.931. The summed E-state index contributed by atoms with van der Waals surface area (Å²) in [5, 5.41) is 13.0. The lowest BCUT2D eigenvalue weighted by Crippen LogP contribution is -1.99. The molecule has 3 nitrogen and oxygen atoms in total. The van der Waals surface area contributed by atoms with Crippen LogP contribution in [-0.2, 0) is 0 Å². The molecule has 12 rings (SSSR count). The molecule has 0 saturated heterocycles. The molecule has 0 aliphatic rings. The van der Waals surface area contributed by atoms with E-state index in [2.05, 4.69) is 185 Å². The molecule has 0 unspecified atom stereocenters. The summed E-state index contributed by atoms with van der Waals surface area (Å²) >= 11 is 1.92. The van der Waals surface area contributed by atoms with E-state index < -0.39 is 0 Å². The molecule has 0 radical (unpaired) electrons. The SMILES string of the molecule is c1ccc(-n2c(-c3ccc(-n4c5c6ccccc6c6ccccc6c5c5c6sc7ccccc7c6c6ccccc6c54)cc3)nc3ccccc32)cc1. The van der Waals surface area contributed by atoms with Crippen LogP contribution in [-0.4, -0.2) is 14.1 Å². The smallest absolute Gasteiger partial charge is 0.145 e. The van der Waals surface area contributed by atoms with Gasteiger partial charge in [-0.05, 0) is 76.1 Å². The first-order valence-corrected chi connectivity index (χ1v) is 18.9. The highest BCUT2D eigenvalue weighted by atomic mass is 32.1. The summed E-state index contributed by atoms with van der Waals surface area (Å²) in [4.78, 5) is 5.18.